The summed E-state index contributed by atoms with van der Waals surface area (Å²) >= 11 is 6.06. The van der Waals surface area contributed by atoms with Gasteiger partial charge in [-0.25, -0.2) is 4.79 Å². The van der Waals surface area contributed by atoms with Crippen LogP contribution in [0.25, 0.3) is 0 Å². The first-order valence-corrected chi connectivity index (χ1v) is 7.53. The largest absolute Gasteiger partial charge is 0.492 e. The van der Waals surface area contributed by atoms with Gasteiger partial charge in [0.1, 0.15) is 17.1 Å². The number of carbonyl (C=O) groups is 1. The van der Waals surface area contributed by atoms with E-state index in [0.29, 0.717) is 28.8 Å². The van der Waals surface area contributed by atoms with Gasteiger partial charge in [0.25, 0.3) is 0 Å². The number of rotatable bonds is 6. The van der Waals surface area contributed by atoms with Crippen molar-refractivity contribution in [2.24, 2.45) is 0 Å². The van der Waals surface area contributed by atoms with Gasteiger partial charge >= 0.3 is 6.03 Å². The molecule has 3 N–H and O–H groups in total. The summed E-state index contributed by atoms with van der Waals surface area (Å²) in [6.45, 7) is 3.92. The summed E-state index contributed by atoms with van der Waals surface area (Å²) in [6.07, 6.45) is 1.46. The second-order valence-corrected chi connectivity index (χ2v) is 5.54. The molecule has 0 aliphatic rings. The maximum absolute atomic E-state index is 11.9. The number of ether oxygens (including phenoxy) is 1. The van der Waals surface area contributed by atoms with Crippen LogP contribution in [0.1, 0.15) is 19.6 Å². The minimum Gasteiger partial charge on any atom is -0.492 e. The predicted octanol–water partition coefficient (Wildman–Crippen LogP) is 3.36. The number of hydrogen-bond donors (Lipinski definition) is 3. The Bertz CT molecular complexity index is 656. The fourth-order valence-corrected chi connectivity index (χ4v) is 2.19. The van der Waals surface area contributed by atoms with Gasteiger partial charge < -0.3 is 24.9 Å². The first-order valence-electron chi connectivity index (χ1n) is 7.16. The molecule has 0 saturated carbocycles. The van der Waals surface area contributed by atoms with Crippen LogP contribution in [0, 0.1) is 0 Å². The number of anilines is 1. The Hall–Kier alpha value is -2.18. The zero-order valence-electron chi connectivity index (χ0n) is 12.9. The Morgan fingerprint density at radius 2 is 2.22 bits per heavy atom. The average molecular weight is 339 g/mol. The van der Waals surface area contributed by atoms with Crippen LogP contribution >= 0.6 is 11.6 Å². The minimum atomic E-state index is -1.29. The fourth-order valence-electron chi connectivity index (χ4n) is 1.95. The first-order chi connectivity index (χ1) is 10.9. The molecule has 23 heavy (non-hydrogen) atoms. The lowest BCUT2D eigenvalue weighted by molar-refractivity contribution is 0.0372. The topological polar surface area (TPSA) is 83.7 Å². The van der Waals surface area contributed by atoms with Gasteiger partial charge in [-0.3, -0.25) is 0 Å². The molecule has 124 valence electrons. The maximum atomic E-state index is 11.9. The molecule has 7 heteroatoms. The molecule has 6 nitrogen and oxygen atoms in total. The van der Waals surface area contributed by atoms with Crippen molar-refractivity contribution >= 4 is 23.3 Å². The molecule has 0 bridgehead atoms. The summed E-state index contributed by atoms with van der Waals surface area (Å²) in [5.41, 5.74) is -0.772. The number of halogens is 1. The van der Waals surface area contributed by atoms with Gasteiger partial charge in [-0.1, -0.05) is 11.6 Å². The molecule has 0 aliphatic heterocycles. The third kappa shape index (κ3) is 4.64. The molecule has 0 aliphatic carbocycles. The molecule has 1 heterocycles. The van der Waals surface area contributed by atoms with E-state index in [-0.39, 0.29) is 6.54 Å². The third-order valence-corrected chi connectivity index (χ3v) is 3.43. The van der Waals surface area contributed by atoms with Crippen LogP contribution in [0.3, 0.4) is 0 Å². The Balaban J connectivity index is 1.91. The maximum Gasteiger partial charge on any atom is 0.319 e. The Morgan fingerprint density at radius 1 is 1.43 bits per heavy atom. The van der Waals surface area contributed by atoms with Crippen LogP contribution < -0.4 is 15.4 Å². The Morgan fingerprint density at radius 3 is 2.83 bits per heavy atom. The van der Waals surface area contributed by atoms with Crippen molar-refractivity contribution in [1.82, 2.24) is 5.32 Å². The number of aliphatic hydroxyl groups is 1. The lowest BCUT2D eigenvalue weighted by Crippen LogP contribution is -2.40. The average Bonchev–Trinajstić information content (AvgIpc) is 3.03. The molecule has 1 atom stereocenters. The quantitative estimate of drug-likeness (QED) is 0.754. The Kier molecular flexibility index (Phi) is 5.52. The molecule has 1 unspecified atom stereocenters. The molecule has 2 amide bonds. The van der Waals surface area contributed by atoms with Crippen molar-refractivity contribution in [3.05, 3.63) is 47.4 Å². The van der Waals surface area contributed by atoms with Gasteiger partial charge in [0.15, 0.2) is 0 Å². The zero-order valence-corrected chi connectivity index (χ0v) is 13.7. The third-order valence-electron chi connectivity index (χ3n) is 3.13. The number of nitrogens with one attached hydrogen (secondary N) is 2. The van der Waals surface area contributed by atoms with E-state index >= 15 is 0 Å². The van der Waals surface area contributed by atoms with E-state index in [9.17, 15) is 9.90 Å². The van der Waals surface area contributed by atoms with Crippen molar-refractivity contribution in [2.75, 3.05) is 18.5 Å². The van der Waals surface area contributed by atoms with Gasteiger partial charge in [-0.2, -0.15) is 0 Å². The van der Waals surface area contributed by atoms with Crippen LogP contribution in [0.15, 0.2) is 41.0 Å². The molecule has 0 fully saturated rings. The highest BCUT2D eigenvalue weighted by Crippen LogP contribution is 2.27. The standard InChI is InChI=1S/C16H19ClN2O4/c1-3-22-13-7-6-11(9-12(13)17)19-15(20)18-10-16(2,21)14-5-4-8-23-14/h4-9,21H,3,10H2,1-2H3,(H2,18,19,20). The first kappa shape index (κ1) is 17.2. The van der Waals surface area contributed by atoms with Crippen LogP contribution in [0.5, 0.6) is 5.75 Å². The van der Waals surface area contributed by atoms with Crippen LogP contribution in [0.2, 0.25) is 5.02 Å². The van der Waals surface area contributed by atoms with Crippen molar-refractivity contribution in [2.45, 2.75) is 19.4 Å². The molecule has 0 radical (unpaired) electrons. The normalized spacial score (nSPS) is 13.2. The number of hydrogen-bond acceptors (Lipinski definition) is 4. The van der Waals surface area contributed by atoms with E-state index in [1.807, 2.05) is 6.92 Å². The number of benzene rings is 1. The zero-order chi connectivity index (χ0) is 16.9. The molecular weight excluding hydrogens is 320 g/mol. The van der Waals surface area contributed by atoms with Gasteiger partial charge in [0.05, 0.1) is 24.4 Å². The van der Waals surface area contributed by atoms with Crippen LogP contribution in [-0.2, 0) is 5.60 Å². The number of amides is 2. The highest BCUT2D eigenvalue weighted by Gasteiger charge is 2.26. The van der Waals surface area contributed by atoms with Gasteiger partial charge in [-0.05, 0) is 44.2 Å². The molecule has 0 spiro atoms. The number of urea groups is 1. The predicted molar refractivity (Wildman–Crippen MR) is 87.9 cm³/mol. The second kappa shape index (κ2) is 7.39. The van der Waals surface area contributed by atoms with E-state index in [1.165, 1.54) is 6.26 Å². The lowest BCUT2D eigenvalue weighted by Gasteiger charge is -2.21. The minimum absolute atomic E-state index is 0.00287. The van der Waals surface area contributed by atoms with E-state index in [4.69, 9.17) is 20.8 Å². The van der Waals surface area contributed by atoms with Crippen LogP contribution in [0.4, 0.5) is 10.5 Å². The molecule has 2 aromatic rings. The summed E-state index contributed by atoms with van der Waals surface area (Å²) in [5, 5.41) is 15.9. The second-order valence-electron chi connectivity index (χ2n) is 5.14. The summed E-state index contributed by atoms with van der Waals surface area (Å²) in [7, 11) is 0. The molecular formula is C16H19ClN2O4. The van der Waals surface area contributed by atoms with Crippen molar-refractivity contribution < 1.29 is 19.1 Å². The fraction of sp³-hybridized carbons (Fsp3) is 0.312. The van der Waals surface area contributed by atoms with Crippen molar-refractivity contribution in [3.63, 3.8) is 0 Å². The highest BCUT2D eigenvalue weighted by molar-refractivity contribution is 6.32. The van der Waals surface area contributed by atoms with Crippen molar-refractivity contribution in [3.8, 4) is 5.75 Å². The SMILES string of the molecule is CCOc1ccc(NC(=O)NCC(C)(O)c2ccco2)cc1Cl. The summed E-state index contributed by atoms with van der Waals surface area (Å²) in [5.74, 6) is 0.933. The van der Waals surface area contributed by atoms with Crippen LogP contribution in [-0.4, -0.2) is 24.3 Å². The lowest BCUT2D eigenvalue weighted by atomic mass is 10.0. The number of furan rings is 1. The molecule has 1 aromatic heterocycles. The Labute approximate surface area is 139 Å². The van der Waals surface area contributed by atoms with E-state index < -0.39 is 11.6 Å². The monoisotopic (exact) mass is 338 g/mol. The van der Waals surface area contributed by atoms with Gasteiger partial charge in [0, 0.05) is 5.69 Å². The van der Waals surface area contributed by atoms with Gasteiger partial charge in [-0.15, -0.1) is 0 Å². The highest BCUT2D eigenvalue weighted by atomic mass is 35.5. The van der Waals surface area contributed by atoms with E-state index in [2.05, 4.69) is 10.6 Å². The number of carbonyl (C=O) groups excluding carboxylic acids is 1. The molecule has 1 aromatic carbocycles. The summed E-state index contributed by atoms with van der Waals surface area (Å²) < 4.78 is 10.5. The summed E-state index contributed by atoms with van der Waals surface area (Å²) in [6, 6.07) is 7.81. The smallest absolute Gasteiger partial charge is 0.319 e. The van der Waals surface area contributed by atoms with Crippen molar-refractivity contribution in [1.29, 1.82) is 0 Å². The van der Waals surface area contributed by atoms with E-state index in [1.54, 1.807) is 37.3 Å². The summed E-state index contributed by atoms with van der Waals surface area (Å²) in [4.78, 5) is 11.9. The molecule has 0 saturated heterocycles. The van der Waals surface area contributed by atoms with E-state index in [0.717, 1.165) is 0 Å². The van der Waals surface area contributed by atoms with Gasteiger partial charge in [0.2, 0.25) is 0 Å². The molecule has 2 rings (SSSR count).